The van der Waals surface area contributed by atoms with Crippen LogP contribution in [0, 0.1) is 5.41 Å². The Morgan fingerprint density at radius 3 is 2.39 bits per heavy atom. The minimum absolute atomic E-state index is 0.140. The van der Waals surface area contributed by atoms with E-state index < -0.39 is 11.2 Å². The number of nitrogens with one attached hydrogen (secondary N) is 1. The first-order valence-electron chi connectivity index (χ1n) is 5.95. The van der Waals surface area contributed by atoms with Crippen molar-refractivity contribution in [3.63, 3.8) is 0 Å². The van der Waals surface area contributed by atoms with E-state index in [2.05, 4.69) is 31.1 Å². The lowest BCUT2D eigenvalue weighted by molar-refractivity contribution is -0.137. The summed E-state index contributed by atoms with van der Waals surface area (Å²) in [6, 6.07) is 0. The predicted molar refractivity (Wildman–Crippen MR) is 65.5 cm³/mol. The number of hydrogen-bond acceptors (Lipinski definition) is 3. The van der Waals surface area contributed by atoms with Gasteiger partial charge in [0.2, 0.25) is 0 Å². The molecule has 18 heavy (non-hydrogen) atoms. The van der Waals surface area contributed by atoms with E-state index in [0.717, 1.165) is 30.7 Å². The Labute approximate surface area is 109 Å². The van der Waals surface area contributed by atoms with Crippen LogP contribution in [0.3, 0.4) is 0 Å². The monoisotopic (exact) mass is 278 g/mol. The molecule has 2 rings (SSSR count). The molecular formula is C12H17F3N2S. The molecule has 102 valence electrons. The number of nitrogens with zero attached hydrogens (tertiary/aromatic N) is 1. The number of hydrogen-bond donors (Lipinski definition) is 1. The molecule has 1 aliphatic rings. The fourth-order valence-corrected chi connectivity index (χ4v) is 3.76. The summed E-state index contributed by atoms with van der Waals surface area (Å²) in [6.07, 6.45) is -1.12. The molecule has 1 aromatic rings. The van der Waals surface area contributed by atoms with Gasteiger partial charge >= 0.3 is 6.18 Å². The molecule has 0 bridgehead atoms. The summed E-state index contributed by atoms with van der Waals surface area (Å²) in [5.41, 5.74) is -0.521. The fourth-order valence-electron chi connectivity index (χ4n) is 2.57. The average molecular weight is 278 g/mol. The highest BCUT2D eigenvalue weighted by molar-refractivity contribution is 7.11. The number of aromatic nitrogens is 1. The summed E-state index contributed by atoms with van der Waals surface area (Å²) in [7, 11) is 0. The van der Waals surface area contributed by atoms with Gasteiger partial charge < -0.3 is 5.32 Å². The standard InChI is InChI=1S/C12H17F3N2S/c1-10(2,3)11(5-4-6-17-11)8-7-16-9(18-8)12(13,14)15/h7,17H,4-6H2,1-3H3. The van der Waals surface area contributed by atoms with Crippen molar-refractivity contribution in [2.45, 2.75) is 45.3 Å². The molecule has 1 N–H and O–H groups in total. The van der Waals surface area contributed by atoms with Gasteiger partial charge in [-0.1, -0.05) is 20.8 Å². The average Bonchev–Trinajstić information content (AvgIpc) is 2.85. The zero-order valence-corrected chi connectivity index (χ0v) is 11.5. The van der Waals surface area contributed by atoms with Crippen LogP contribution in [0.15, 0.2) is 6.20 Å². The third-order valence-corrected chi connectivity index (χ3v) is 4.81. The quantitative estimate of drug-likeness (QED) is 0.845. The summed E-state index contributed by atoms with van der Waals surface area (Å²) >= 11 is 0.764. The summed E-state index contributed by atoms with van der Waals surface area (Å²) in [4.78, 5) is 4.24. The molecular weight excluding hydrogens is 261 g/mol. The van der Waals surface area contributed by atoms with Crippen molar-refractivity contribution in [1.29, 1.82) is 0 Å². The largest absolute Gasteiger partial charge is 0.443 e. The third-order valence-electron chi connectivity index (χ3n) is 3.60. The molecule has 1 fully saturated rings. The van der Waals surface area contributed by atoms with E-state index in [1.54, 1.807) is 0 Å². The fraction of sp³-hybridized carbons (Fsp3) is 0.750. The van der Waals surface area contributed by atoms with Gasteiger partial charge in [0.05, 0.1) is 5.54 Å². The maximum atomic E-state index is 12.6. The second-order valence-corrected chi connectivity index (χ2v) is 6.74. The molecule has 2 heterocycles. The van der Waals surface area contributed by atoms with Gasteiger partial charge in [0.15, 0.2) is 5.01 Å². The highest BCUT2D eigenvalue weighted by Gasteiger charge is 2.48. The Kier molecular flexibility index (Phi) is 3.22. The Hall–Kier alpha value is -0.620. The van der Waals surface area contributed by atoms with Gasteiger partial charge in [0.25, 0.3) is 0 Å². The molecule has 0 aromatic carbocycles. The second kappa shape index (κ2) is 4.20. The van der Waals surface area contributed by atoms with E-state index in [-0.39, 0.29) is 11.0 Å². The highest BCUT2D eigenvalue weighted by Crippen LogP contribution is 2.48. The summed E-state index contributed by atoms with van der Waals surface area (Å²) in [6.45, 7) is 7.01. The molecule has 0 spiro atoms. The number of halogens is 3. The van der Waals surface area contributed by atoms with Gasteiger partial charge in [-0.05, 0) is 24.8 Å². The SMILES string of the molecule is CC(C)(C)C1(c2cnc(C(F)(F)F)s2)CCCN1. The molecule has 1 aliphatic heterocycles. The number of rotatable bonds is 1. The Morgan fingerprint density at radius 2 is 2.00 bits per heavy atom. The van der Waals surface area contributed by atoms with Crippen LogP contribution in [-0.2, 0) is 11.7 Å². The first kappa shape index (κ1) is 13.8. The zero-order chi connectivity index (χ0) is 13.6. The lowest BCUT2D eigenvalue weighted by Gasteiger charge is -2.41. The Balaban J connectivity index is 2.42. The van der Waals surface area contributed by atoms with Gasteiger partial charge in [-0.2, -0.15) is 13.2 Å². The summed E-state index contributed by atoms with van der Waals surface area (Å²) in [5, 5.41) is 2.64. The number of thiazole rings is 1. The van der Waals surface area contributed by atoms with E-state index in [4.69, 9.17) is 0 Å². The van der Waals surface area contributed by atoms with Crippen LogP contribution in [0.5, 0.6) is 0 Å². The molecule has 2 nitrogen and oxygen atoms in total. The van der Waals surface area contributed by atoms with Crippen LogP contribution in [0.25, 0.3) is 0 Å². The molecule has 0 amide bonds. The van der Waals surface area contributed by atoms with Crippen LogP contribution in [0.4, 0.5) is 13.2 Å². The van der Waals surface area contributed by atoms with Gasteiger partial charge in [-0.3, -0.25) is 0 Å². The first-order valence-corrected chi connectivity index (χ1v) is 6.77. The van der Waals surface area contributed by atoms with Crippen LogP contribution >= 0.6 is 11.3 Å². The molecule has 6 heteroatoms. The maximum absolute atomic E-state index is 12.6. The molecule has 1 saturated heterocycles. The summed E-state index contributed by atoms with van der Waals surface area (Å²) < 4.78 is 37.9. The van der Waals surface area contributed by atoms with Crippen molar-refractivity contribution in [1.82, 2.24) is 10.3 Å². The van der Waals surface area contributed by atoms with E-state index >= 15 is 0 Å². The van der Waals surface area contributed by atoms with E-state index in [1.807, 2.05) is 0 Å². The zero-order valence-electron chi connectivity index (χ0n) is 10.7. The lowest BCUT2D eigenvalue weighted by atomic mass is 9.72. The van der Waals surface area contributed by atoms with Crippen LogP contribution in [0.2, 0.25) is 0 Å². The van der Waals surface area contributed by atoms with Gasteiger partial charge in [-0.25, -0.2) is 4.98 Å². The molecule has 0 saturated carbocycles. The molecule has 1 unspecified atom stereocenters. The van der Waals surface area contributed by atoms with Crippen LogP contribution in [0.1, 0.15) is 43.5 Å². The van der Waals surface area contributed by atoms with Crippen molar-refractivity contribution >= 4 is 11.3 Å². The Bertz CT molecular complexity index is 425. The van der Waals surface area contributed by atoms with Crippen LogP contribution < -0.4 is 5.32 Å². The minimum Gasteiger partial charge on any atom is -0.306 e. The second-order valence-electron chi connectivity index (χ2n) is 5.71. The van der Waals surface area contributed by atoms with Gasteiger partial charge in [-0.15, -0.1) is 11.3 Å². The van der Waals surface area contributed by atoms with E-state index in [0.29, 0.717) is 4.88 Å². The van der Waals surface area contributed by atoms with Crippen LogP contribution in [-0.4, -0.2) is 11.5 Å². The van der Waals surface area contributed by atoms with Crippen molar-refractivity contribution in [2.24, 2.45) is 5.41 Å². The molecule has 0 radical (unpaired) electrons. The summed E-state index contributed by atoms with van der Waals surface area (Å²) in [5.74, 6) is 0. The van der Waals surface area contributed by atoms with E-state index in [1.165, 1.54) is 6.20 Å². The first-order chi connectivity index (χ1) is 8.17. The van der Waals surface area contributed by atoms with Crippen molar-refractivity contribution in [2.75, 3.05) is 6.54 Å². The normalized spacial score (nSPS) is 25.7. The third kappa shape index (κ3) is 2.16. The minimum atomic E-state index is -4.35. The van der Waals surface area contributed by atoms with Gasteiger partial charge in [0.1, 0.15) is 0 Å². The van der Waals surface area contributed by atoms with Crippen molar-refractivity contribution in [3.05, 3.63) is 16.1 Å². The molecule has 0 aliphatic carbocycles. The van der Waals surface area contributed by atoms with Crippen molar-refractivity contribution in [3.8, 4) is 0 Å². The maximum Gasteiger partial charge on any atom is 0.443 e. The molecule has 1 atom stereocenters. The van der Waals surface area contributed by atoms with E-state index in [9.17, 15) is 13.2 Å². The predicted octanol–water partition coefficient (Wildman–Crippen LogP) is 3.79. The molecule has 1 aromatic heterocycles. The smallest absolute Gasteiger partial charge is 0.306 e. The topological polar surface area (TPSA) is 24.9 Å². The Morgan fingerprint density at radius 1 is 1.33 bits per heavy atom. The lowest BCUT2D eigenvalue weighted by Crippen LogP contribution is -2.47. The number of alkyl halides is 3. The van der Waals surface area contributed by atoms with Gasteiger partial charge in [0, 0.05) is 11.1 Å². The highest BCUT2D eigenvalue weighted by atomic mass is 32.1. The van der Waals surface area contributed by atoms with Crippen molar-refractivity contribution < 1.29 is 13.2 Å².